The van der Waals surface area contributed by atoms with Crippen LogP contribution in [0.3, 0.4) is 0 Å². The van der Waals surface area contributed by atoms with Crippen molar-refractivity contribution in [3.8, 4) is 5.75 Å². The summed E-state index contributed by atoms with van der Waals surface area (Å²) in [5, 5.41) is 18.3. The minimum Gasteiger partial charge on any atom is -0.492 e. The van der Waals surface area contributed by atoms with E-state index >= 15 is 0 Å². The highest BCUT2D eigenvalue weighted by atomic mass is 16.8. The van der Waals surface area contributed by atoms with Crippen LogP contribution in [0.1, 0.15) is 10.4 Å². The monoisotopic (exact) mass is 367 g/mol. The Bertz CT molecular complexity index is 1200. The molecule has 0 aliphatic heterocycles. The summed E-state index contributed by atoms with van der Waals surface area (Å²) >= 11 is 0. The molecule has 1 amide bonds. The van der Waals surface area contributed by atoms with Crippen molar-refractivity contribution >= 4 is 27.9 Å². The number of fused-ring (bicyclic) bond motifs is 2. The number of carbonyl (C=O) groups is 1. The number of carbonyl (C=O) groups excluding carboxylic acids is 1. The largest absolute Gasteiger partial charge is 0.492 e. The number of benzene rings is 2. The van der Waals surface area contributed by atoms with E-state index in [4.69, 9.17) is 9.15 Å². The summed E-state index contributed by atoms with van der Waals surface area (Å²) in [6.45, 7) is 0.481. The summed E-state index contributed by atoms with van der Waals surface area (Å²) in [5.74, 6) is 0.195. The molecular weight excluding hydrogens is 354 g/mol. The first-order valence-corrected chi connectivity index (χ1v) is 8.04. The number of nitrogens with one attached hydrogen (secondary N) is 1. The van der Waals surface area contributed by atoms with E-state index in [-0.39, 0.29) is 29.5 Å². The molecule has 0 unspecified atom stereocenters. The third-order valence-corrected chi connectivity index (χ3v) is 3.90. The summed E-state index contributed by atoms with van der Waals surface area (Å²) in [6.07, 6.45) is 0. The number of aromatic nitrogens is 2. The van der Waals surface area contributed by atoms with Gasteiger partial charge in [-0.25, -0.2) is 4.79 Å². The molecule has 0 bridgehead atoms. The summed E-state index contributed by atoms with van der Waals surface area (Å²) in [6, 6.07) is 12.6. The van der Waals surface area contributed by atoms with Crippen molar-refractivity contribution in [1.29, 1.82) is 0 Å². The summed E-state index contributed by atoms with van der Waals surface area (Å²) in [4.78, 5) is 23.7. The van der Waals surface area contributed by atoms with Gasteiger partial charge < -0.3 is 19.7 Å². The molecule has 136 valence electrons. The lowest BCUT2D eigenvalue weighted by atomic mass is 10.2. The van der Waals surface area contributed by atoms with Crippen molar-refractivity contribution in [2.45, 2.75) is 0 Å². The van der Waals surface area contributed by atoms with Gasteiger partial charge >= 0.3 is 5.63 Å². The van der Waals surface area contributed by atoms with E-state index in [1.165, 1.54) is 24.3 Å². The van der Waals surface area contributed by atoms with Crippen molar-refractivity contribution in [1.82, 2.24) is 10.5 Å². The number of amides is 1. The van der Waals surface area contributed by atoms with Gasteiger partial charge in [0.25, 0.3) is 5.91 Å². The lowest BCUT2D eigenvalue weighted by molar-refractivity contribution is -0.782. The minimum atomic E-state index is -0.432. The van der Waals surface area contributed by atoms with Crippen LogP contribution in [0.25, 0.3) is 22.0 Å². The van der Waals surface area contributed by atoms with Crippen LogP contribution in [-0.2, 0) is 0 Å². The van der Waals surface area contributed by atoms with Crippen LogP contribution >= 0.6 is 0 Å². The van der Waals surface area contributed by atoms with Crippen molar-refractivity contribution in [2.24, 2.45) is 0 Å². The molecule has 9 heteroatoms. The Morgan fingerprint density at radius 2 is 2.04 bits per heavy atom. The number of ether oxygens (including phenoxy) is 1. The van der Waals surface area contributed by atoms with E-state index in [2.05, 4.69) is 15.1 Å². The van der Waals surface area contributed by atoms with Crippen LogP contribution in [0.5, 0.6) is 5.75 Å². The number of nitrogens with zero attached hydrogens (tertiary/aromatic N) is 2. The Morgan fingerprint density at radius 1 is 1.19 bits per heavy atom. The first kappa shape index (κ1) is 16.6. The molecule has 1 N–H and O–H groups in total. The van der Waals surface area contributed by atoms with Crippen LogP contribution in [0.15, 0.2) is 62.4 Å². The standard InChI is InChI=1S/C18H13N3O6/c22-17-6-3-11-1-4-13(10-16(11)26-17)25-8-7-19-18(23)12-2-5-15-14(9-12)20-27-21(15)24/h1-6,9-10H,7-8H2,(H,19,23). The SMILES string of the molecule is O=C(NCCOc1ccc2ccc(=O)oc2c1)c1ccc2c(c1)no[n+]2[O-]. The van der Waals surface area contributed by atoms with Crippen molar-refractivity contribution in [3.63, 3.8) is 0 Å². The molecular formula is C18H13N3O6. The molecule has 0 spiro atoms. The highest BCUT2D eigenvalue weighted by molar-refractivity contribution is 5.96. The molecule has 0 radical (unpaired) electrons. The van der Waals surface area contributed by atoms with Crippen LogP contribution in [-0.4, -0.2) is 24.2 Å². The van der Waals surface area contributed by atoms with Gasteiger partial charge in [0.1, 0.15) is 17.9 Å². The molecule has 0 aliphatic carbocycles. The van der Waals surface area contributed by atoms with Crippen LogP contribution in [0.2, 0.25) is 0 Å². The van der Waals surface area contributed by atoms with Crippen molar-refractivity contribution in [3.05, 3.63) is 69.7 Å². The molecule has 4 rings (SSSR count). The number of hydrogen-bond acceptors (Lipinski definition) is 7. The third-order valence-electron chi connectivity index (χ3n) is 3.90. The minimum absolute atomic E-state index is 0.223. The average Bonchev–Trinajstić information content (AvgIpc) is 3.05. The molecule has 0 saturated carbocycles. The molecule has 0 fully saturated rings. The maximum Gasteiger partial charge on any atom is 0.336 e. The molecule has 4 aromatic rings. The van der Waals surface area contributed by atoms with E-state index in [0.29, 0.717) is 22.4 Å². The maximum atomic E-state index is 12.2. The van der Waals surface area contributed by atoms with Crippen LogP contribution in [0, 0.1) is 5.21 Å². The van der Waals surface area contributed by atoms with E-state index in [0.717, 1.165) is 5.39 Å². The molecule has 2 aromatic carbocycles. The Labute approximate surface area is 151 Å². The smallest absolute Gasteiger partial charge is 0.336 e. The number of rotatable bonds is 5. The van der Waals surface area contributed by atoms with E-state index in [1.807, 2.05) is 0 Å². The second kappa shape index (κ2) is 6.79. The Balaban J connectivity index is 1.35. The van der Waals surface area contributed by atoms with Gasteiger partial charge in [0.2, 0.25) is 11.0 Å². The fraction of sp³-hybridized carbons (Fsp3) is 0.111. The average molecular weight is 367 g/mol. The zero-order chi connectivity index (χ0) is 18.8. The van der Waals surface area contributed by atoms with Crippen molar-refractivity contribution in [2.75, 3.05) is 13.2 Å². The van der Waals surface area contributed by atoms with E-state index in [9.17, 15) is 14.8 Å². The second-order valence-electron chi connectivity index (χ2n) is 5.69. The van der Waals surface area contributed by atoms with Gasteiger partial charge in [-0.15, -0.1) is 0 Å². The number of hydrogen-bond donors (Lipinski definition) is 1. The Hall–Kier alpha value is -3.88. The van der Waals surface area contributed by atoms with Gasteiger partial charge in [-0.2, -0.15) is 0 Å². The van der Waals surface area contributed by atoms with Gasteiger partial charge in [-0.3, -0.25) is 9.42 Å². The zero-order valence-corrected chi connectivity index (χ0v) is 13.9. The highest BCUT2D eigenvalue weighted by Crippen LogP contribution is 2.19. The summed E-state index contributed by atoms with van der Waals surface area (Å²) in [5.41, 5.74) is 0.896. The molecule has 2 heterocycles. The zero-order valence-electron chi connectivity index (χ0n) is 13.9. The first-order chi connectivity index (χ1) is 13.1. The van der Waals surface area contributed by atoms with Crippen LogP contribution < -0.4 is 20.6 Å². The summed E-state index contributed by atoms with van der Waals surface area (Å²) in [7, 11) is 0. The van der Waals surface area contributed by atoms with E-state index in [1.54, 1.807) is 24.3 Å². The van der Waals surface area contributed by atoms with Gasteiger partial charge in [0, 0.05) is 34.3 Å². The van der Waals surface area contributed by atoms with Crippen molar-refractivity contribution < 1.29 is 23.5 Å². The predicted octanol–water partition coefficient (Wildman–Crippen LogP) is 1.38. The van der Waals surface area contributed by atoms with Gasteiger partial charge in [0.15, 0.2) is 0 Å². The normalized spacial score (nSPS) is 11.0. The molecule has 2 aromatic heterocycles. The van der Waals surface area contributed by atoms with Gasteiger partial charge in [-0.1, -0.05) is 0 Å². The first-order valence-electron chi connectivity index (χ1n) is 8.04. The van der Waals surface area contributed by atoms with Gasteiger partial charge in [-0.05, 0) is 35.2 Å². The molecule has 9 nitrogen and oxygen atoms in total. The van der Waals surface area contributed by atoms with Gasteiger partial charge in [0.05, 0.1) is 6.54 Å². The van der Waals surface area contributed by atoms with Crippen LogP contribution in [0.4, 0.5) is 0 Å². The highest BCUT2D eigenvalue weighted by Gasteiger charge is 2.13. The Kier molecular flexibility index (Phi) is 4.17. The predicted molar refractivity (Wildman–Crippen MR) is 93.3 cm³/mol. The fourth-order valence-corrected chi connectivity index (χ4v) is 2.58. The quantitative estimate of drug-likeness (QED) is 0.321. The molecule has 0 atom stereocenters. The van der Waals surface area contributed by atoms with E-state index < -0.39 is 5.63 Å². The molecule has 0 aliphatic rings. The summed E-state index contributed by atoms with van der Waals surface area (Å²) < 4.78 is 15.1. The lowest BCUT2D eigenvalue weighted by Crippen LogP contribution is -2.28. The lowest BCUT2D eigenvalue weighted by Gasteiger charge is -2.08. The Morgan fingerprint density at radius 3 is 2.93 bits per heavy atom. The topological polar surface area (TPSA) is 122 Å². The third kappa shape index (κ3) is 3.43. The molecule has 27 heavy (non-hydrogen) atoms. The fourth-order valence-electron chi connectivity index (χ4n) is 2.58. The second-order valence-corrected chi connectivity index (χ2v) is 5.69. The molecule has 0 saturated heterocycles. The maximum absolute atomic E-state index is 12.2.